The maximum absolute atomic E-state index is 13.4. The third-order valence-electron chi connectivity index (χ3n) is 4.77. The third kappa shape index (κ3) is 4.74. The number of hydrogen-bond donors (Lipinski definition) is 1. The molecule has 2 rings (SSSR count). The van der Waals surface area contributed by atoms with Crippen LogP contribution in [0.4, 0.5) is 0 Å². The predicted molar refractivity (Wildman–Crippen MR) is 108 cm³/mol. The molecule has 142 valence electrons. The summed E-state index contributed by atoms with van der Waals surface area (Å²) in [7, 11) is -3.75. The summed E-state index contributed by atoms with van der Waals surface area (Å²) in [6.45, 7) is 5.88. The molecule has 0 fully saturated rings. The summed E-state index contributed by atoms with van der Waals surface area (Å²) in [6, 6.07) is 13.9. The normalized spacial score (nSPS) is 14.4. The van der Waals surface area contributed by atoms with Crippen LogP contribution < -0.4 is 0 Å². The summed E-state index contributed by atoms with van der Waals surface area (Å²) < 4.78 is 29.0. The molecule has 1 N–H and O–H groups in total. The number of benzene rings is 2. The third-order valence-corrected chi connectivity index (χ3v) is 7.43. The number of hydrogen-bond acceptors (Lipinski definition) is 3. The molecule has 2 atom stereocenters. The Morgan fingerprint density at radius 3 is 2.27 bits per heavy atom. The van der Waals surface area contributed by atoms with Crippen LogP contribution in [0.2, 0.25) is 0 Å². The Balaban J connectivity index is 2.51. The van der Waals surface area contributed by atoms with Crippen molar-refractivity contribution >= 4 is 26.0 Å². The zero-order valence-corrected chi connectivity index (χ0v) is 17.8. The lowest BCUT2D eigenvalue weighted by atomic mass is 9.99. The molecule has 0 saturated heterocycles. The van der Waals surface area contributed by atoms with Crippen LogP contribution in [0.3, 0.4) is 0 Å². The fourth-order valence-electron chi connectivity index (χ4n) is 2.85. The van der Waals surface area contributed by atoms with E-state index in [0.29, 0.717) is 0 Å². The minimum Gasteiger partial charge on any atom is -0.395 e. The van der Waals surface area contributed by atoms with E-state index < -0.39 is 16.1 Å². The number of nitrogens with zero attached hydrogens (tertiary/aromatic N) is 1. The monoisotopic (exact) mass is 439 g/mol. The zero-order valence-electron chi connectivity index (χ0n) is 15.4. The molecule has 0 aromatic heterocycles. The van der Waals surface area contributed by atoms with Crippen LogP contribution >= 0.6 is 15.9 Å². The van der Waals surface area contributed by atoms with Crippen LogP contribution in [0.1, 0.15) is 31.4 Å². The lowest BCUT2D eigenvalue weighted by Gasteiger charge is -2.33. The van der Waals surface area contributed by atoms with E-state index in [2.05, 4.69) is 15.9 Å². The summed E-state index contributed by atoms with van der Waals surface area (Å²) in [5.41, 5.74) is 1.87. The number of halogens is 1. The number of aryl methyl sites for hydroxylation is 1. The molecule has 2 aromatic rings. The van der Waals surface area contributed by atoms with Gasteiger partial charge in [-0.2, -0.15) is 4.31 Å². The second-order valence-electron chi connectivity index (χ2n) is 6.59. The van der Waals surface area contributed by atoms with Gasteiger partial charge in [-0.3, -0.25) is 0 Å². The Morgan fingerprint density at radius 1 is 1.12 bits per heavy atom. The van der Waals surface area contributed by atoms with Gasteiger partial charge in [-0.1, -0.05) is 72.1 Å². The predicted octanol–water partition coefficient (Wildman–Crippen LogP) is 4.36. The van der Waals surface area contributed by atoms with Crippen LogP contribution in [0.25, 0.3) is 0 Å². The Kier molecular flexibility index (Phi) is 7.41. The van der Waals surface area contributed by atoms with Gasteiger partial charge >= 0.3 is 0 Å². The van der Waals surface area contributed by atoms with E-state index in [0.717, 1.165) is 22.0 Å². The van der Waals surface area contributed by atoms with E-state index in [-0.39, 0.29) is 24.0 Å². The fraction of sp³-hybridized carbons (Fsp3) is 0.400. The molecule has 2 aromatic carbocycles. The highest BCUT2D eigenvalue weighted by Crippen LogP contribution is 2.28. The van der Waals surface area contributed by atoms with Crippen molar-refractivity contribution in [3.05, 3.63) is 64.1 Å². The van der Waals surface area contributed by atoms with Gasteiger partial charge in [-0.15, -0.1) is 0 Å². The number of rotatable bonds is 8. The molecule has 0 aliphatic rings. The highest BCUT2D eigenvalue weighted by Gasteiger charge is 2.34. The molecule has 0 aliphatic heterocycles. The van der Waals surface area contributed by atoms with Crippen molar-refractivity contribution < 1.29 is 13.5 Å². The van der Waals surface area contributed by atoms with E-state index in [1.165, 1.54) is 4.31 Å². The van der Waals surface area contributed by atoms with Gasteiger partial charge in [0.1, 0.15) is 0 Å². The molecule has 4 nitrogen and oxygen atoms in total. The zero-order chi connectivity index (χ0) is 19.3. The first-order chi connectivity index (χ1) is 12.3. The summed E-state index contributed by atoms with van der Waals surface area (Å²) in [5.74, 6) is 0.0303. The summed E-state index contributed by atoms with van der Waals surface area (Å²) in [4.78, 5) is 0.247. The Labute approximate surface area is 165 Å². The van der Waals surface area contributed by atoms with Gasteiger partial charge in [-0.05, 0) is 36.6 Å². The Hall–Kier alpha value is -1.21. The van der Waals surface area contributed by atoms with Gasteiger partial charge in [-0.25, -0.2) is 8.42 Å². The van der Waals surface area contributed by atoms with E-state index in [9.17, 15) is 13.5 Å². The molecule has 0 bridgehead atoms. The Bertz CT molecular complexity index is 821. The molecule has 6 heteroatoms. The minimum atomic E-state index is -3.75. The van der Waals surface area contributed by atoms with E-state index in [1.807, 2.05) is 45.0 Å². The molecule has 0 spiro atoms. The van der Waals surface area contributed by atoms with Crippen LogP contribution in [-0.4, -0.2) is 30.5 Å². The molecule has 0 saturated carbocycles. The molecule has 0 heterocycles. The van der Waals surface area contributed by atoms with Gasteiger partial charge < -0.3 is 5.11 Å². The van der Waals surface area contributed by atoms with Crippen molar-refractivity contribution in [3.63, 3.8) is 0 Å². The number of sulfonamides is 1. The molecule has 26 heavy (non-hydrogen) atoms. The fourth-order valence-corrected chi connectivity index (χ4v) is 4.95. The van der Waals surface area contributed by atoms with Crippen molar-refractivity contribution in [1.29, 1.82) is 0 Å². The number of aliphatic hydroxyl groups is 1. The van der Waals surface area contributed by atoms with E-state index in [1.54, 1.807) is 24.3 Å². The van der Waals surface area contributed by atoms with Crippen molar-refractivity contribution in [1.82, 2.24) is 4.31 Å². The molecule has 1 unspecified atom stereocenters. The van der Waals surface area contributed by atoms with Crippen molar-refractivity contribution in [2.45, 2.75) is 44.7 Å². The SMILES string of the molecule is CCC(C)[C@@H](CO)N(Cc1ccccc1Br)S(=O)(=O)c1ccc(C)cc1. The van der Waals surface area contributed by atoms with Gasteiger partial charge in [0.05, 0.1) is 17.5 Å². The standard InChI is InChI=1S/C20H26BrNO3S/c1-4-16(3)20(14-23)22(13-17-7-5-6-8-19(17)21)26(24,25)18-11-9-15(2)10-12-18/h5-12,16,20,23H,4,13-14H2,1-3H3/t16?,20-/m1/s1. The first-order valence-corrected chi connectivity index (χ1v) is 11.0. The highest BCUT2D eigenvalue weighted by atomic mass is 79.9. The highest BCUT2D eigenvalue weighted by molar-refractivity contribution is 9.10. The van der Waals surface area contributed by atoms with E-state index in [4.69, 9.17) is 0 Å². The first kappa shape index (κ1) is 21.1. The maximum atomic E-state index is 13.4. The molecule has 0 radical (unpaired) electrons. The van der Waals surface area contributed by atoms with Crippen molar-refractivity contribution in [2.24, 2.45) is 5.92 Å². The largest absolute Gasteiger partial charge is 0.395 e. The lowest BCUT2D eigenvalue weighted by Crippen LogP contribution is -2.45. The second-order valence-corrected chi connectivity index (χ2v) is 9.34. The Morgan fingerprint density at radius 2 is 1.73 bits per heavy atom. The lowest BCUT2D eigenvalue weighted by molar-refractivity contribution is 0.139. The molecule has 0 amide bonds. The van der Waals surface area contributed by atoms with Crippen LogP contribution in [0, 0.1) is 12.8 Å². The second kappa shape index (κ2) is 9.13. The van der Waals surface area contributed by atoms with Gasteiger partial charge in [0.2, 0.25) is 10.0 Å². The topological polar surface area (TPSA) is 57.6 Å². The summed E-state index contributed by atoms with van der Waals surface area (Å²) in [5, 5.41) is 9.98. The van der Waals surface area contributed by atoms with Crippen LogP contribution in [-0.2, 0) is 16.6 Å². The summed E-state index contributed by atoms with van der Waals surface area (Å²) >= 11 is 3.50. The van der Waals surface area contributed by atoms with Crippen molar-refractivity contribution in [3.8, 4) is 0 Å². The summed E-state index contributed by atoms with van der Waals surface area (Å²) in [6.07, 6.45) is 0.779. The maximum Gasteiger partial charge on any atom is 0.243 e. The van der Waals surface area contributed by atoms with E-state index >= 15 is 0 Å². The minimum absolute atomic E-state index is 0.0303. The van der Waals surface area contributed by atoms with Gasteiger partial charge in [0.15, 0.2) is 0 Å². The van der Waals surface area contributed by atoms with Crippen LogP contribution in [0.5, 0.6) is 0 Å². The van der Waals surface area contributed by atoms with Crippen molar-refractivity contribution in [2.75, 3.05) is 6.61 Å². The van der Waals surface area contributed by atoms with Crippen LogP contribution in [0.15, 0.2) is 57.9 Å². The van der Waals surface area contributed by atoms with Gasteiger partial charge in [0.25, 0.3) is 0 Å². The quantitative estimate of drug-likeness (QED) is 0.664. The molecule has 0 aliphatic carbocycles. The average molecular weight is 440 g/mol. The molecular formula is C20H26BrNO3S. The smallest absolute Gasteiger partial charge is 0.243 e. The first-order valence-electron chi connectivity index (χ1n) is 8.74. The average Bonchev–Trinajstić information content (AvgIpc) is 2.63. The van der Waals surface area contributed by atoms with Gasteiger partial charge in [0, 0.05) is 11.0 Å². The number of aliphatic hydroxyl groups excluding tert-OH is 1. The molecular weight excluding hydrogens is 414 g/mol.